The van der Waals surface area contributed by atoms with Crippen LogP contribution in [0.2, 0.25) is 5.02 Å². The predicted molar refractivity (Wildman–Crippen MR) is 71.1 cm³/mol. The van der Waals surface area contributed by atoms with Gasteiger partial charge >= 0.3 is 5.97 Å². The Bertz CT molecular complexity index is 404. The number of anilines is 1. The number of nitrogens with zero attached hydrogens (tertiary/aromatic N) is 1. The second-order valence-corrected chi connectivity index (χ2v) is 4.95. The summed E-state index contributed by atoms with van der Waals surface area (Å²) >= 11 is 5.92. The van der Waals surface area contributed by atoms with Gasteiger partial charge in [-0.1, -0.05) is 31.5 Å². The van der Waals surface area contributed by atoms with Gasteiger partial charge < -0.3 is 10.0 Å². The molecule has 1 rings (SSSR count). The maximum Gasteiger partial charge on any atom is 0.339 e. The molecule has 0 bridgehead atoms. The zero-order valence-corrected chi connectivity index (χ0v) is 11.2. The number of halogens is 1. The maximum atomic E-state index is 11.2. The first-order chi connectivity index (χ1) is 7.93. The van der Waals surface area contributed by atoms with E-state index in [0.717, 1.165) is 13.0 Å². The van der Waals surface area contributed by atoms with Crippen molar-refractivity contribution in [3.05, 3.63) is 28.8 Å². The van der Waals surface area contributed by atoms with Crippen LogP contribution in [0.1, 0.15) is 30.6 Å². The summed E-state index contributed by atoms with van der Waals surface area (Å²) < 4.78 is 0. The standard InChI is InChI=1S/C13H18ClNO2/c1-9(2)7-8-15(3)11-6-4-5-10(14)12(11)13(16)17/h4-6,9H,7-8H2,1-3H3,(H,16,17). The summed E-state index contributed by atoms with van der Waals surface area (Å²) in [6.07, 6.45) is 1.02. The van der Waals surface area contributed by atoms with Crippen LogP contribution in [0.15, 0.2) is 18.2 Å². The summed E-state index contributed by atoms with van der Waals surface area (Å²) in [6, 6.07) is 5.16. The van der Waals surface area contributed by atoms with E-state index in [1.165, 1.54) is 0 Å². The molecule has 1 aromatic carbocycles. The third-order valence-electron chi connectivity index (χ3n) is 2.66. The van der Waals surface area contributed by atoms with Crippen LogP contribution in [-0.4, -0.2) is 24.7 Å². The van der Waals surface area contributed by atoms with E-state index in [0.29, 0.717) is 11.6 Å². The molecule has 0 fully saturated rings. The molecule has 0 amide bonds. The molecule has 0 aliphatic carbocycles. The van der Waals surface area contributed by atoms with Crippen molar-refractivity contribution >= 4 is 23.3 Å². The number of hydrogen-bond donors (Lipinski definition) is 1. The molecule has 17 heavy (non-hydrogen) atoms. The topological polar surface area (TPSA) is 40.5 Å². The maximum absolute atomic E-state index is 11.2. The summed E-state index contributed by atoms with van der Waals surface area (Å²) in [5, 5.41) is 9.45. The van der Waals surface area contributed by atoms with Crippen LogP contribution in [0.3, 0.4) is 0 Å². The molecule has 0 aliphatic heterocycles. The Kier molecular flexibility index (Phi) is 4.82. The Morgan fingerprint density at radius 3 is 2.65 bits per heavy atom. The van der Waals surface area contributed by atoms with Gasteiger partial charge in [0.2, 0.25) is 0 Å². The molecular formula is C13H18ClNO2. The summed E-state index contributed by atoms with van der Waals surface area (Å²) in [7, 11) is 1.89. The van der Waals surface area contributed by atoms with Gasteiger partial charge in [0.05, 0.1) is 10.7 Å². The van der Waals surface area contributed by atoms with E-state index in [4.69, 9.17) is 16.7 Å². The molecule has 0 aliphatic rings. The van der Waals surface area contributed by atoms with E-state index < -0.39 is 5.97 Å². The van der Waals surface area contributed by atoms with E-state index >= 15 is 0 Å². The molecular weight excluding hydrogens is 238 g/mol. The van der Waals surface area contributed by atoms with Crippen molar-refractivity contribution in [1.29, 1.82) is 0 Å². The van der Waals surface area contributed by atoms with Crippen molar-refractivity contribution in [2.75, 3.05) is 18.5 Å². The van der Waals surface area contributed by atoms with Gasteiger partial charge in [-0.15, -0.1) is 0 Å². The number of hydrogen-bond acceptors (Lipinski definition) is 2. The van der Waals surface area contributed by atoms with Crippen LogP contribution >= 0.6 is 11.6 Å². The van der Waals surface area contributed by atoms with Crippen molar-refractivity contribution in [1.82, 2.24) is 0 Å². The van der Waals surface area contributed by atoms with E-state index in [2.05, 4.69) is 13.8 Å². The van der Waals surface area contributed by atoms with Crippen molar-refractivity contribution in [2.45, 2.75) is 20.3 Å². The highest BCUT2D eigenvalue weighted by Crippen LogP contribution is 2.27. The van der Waals surface area contributed by atoms with Crippen molar-refractivity contribution < 1.29 is 9.90 Å². The molecule has 3 nitrogen and oxygen atoms in total. The first kappa shape index (κ1) is 13.8. The average molecular weight is 256 g/mol. The molecule has 4 heteroatoms. The molecule has 0 heterocycles. The molecule has 0 saturated heterocycles. The minimum atomic E-state index is -0.984. The van der Waals surface area contributed by atoms with Crippen molar-refractivity contribution in [3.63, 3.8) is 0 Å². The number of rotatable bonds is 5. The van der Waals surface area contributed by atoms with Crippen LogP contribution in [0, 0.1) is 5.92 Å². The molecule has 0 unspecified atom stereocenters. The Morgan fingerprint density at radius 1 is 1.47 bits per heavy atom. The van der Waals surface area contributed by atoms with Gasteiger partial charge in [0.1, 0.15) is 5.56 Å². The van der Waals surface area contributed by atoms with Gasteiger partial charge in [-0.3, -0.25) is 0 Å². The Balaban J connectivity index is 2.96. The fourth-order valence-corrected chi connectivity index (χ4v) is 1.87. The summed E-state index contributed by atoms with van der Waals surface area (Å²) in [5.41, 5.74) is 0.853. The lowest BCUT2D eigenvalue weighted by Gasteiger charge is -2.22. The first-order valence-electron chi connectivity index (χ1n) is 5.66. The Hall–Kier alpha value is -1.22. The second kappa shape index (κ2) is 5.92. The van der Waals surface area contributed by atoms with Gasteiger partial charge in [-0.2, -0.15) is 0 Å². The van der Waals surface area contributed by atoms with E-state index in [9.17, 15) is 4.79 Å². The SMILES string of the molecule is CC(C)CCN(C)c1cccc(Cl)c1C(=O)O. The molecule has 1 N–H and O–H groups in total. The normalized spacial score (nSPS) is 10.6. The predicted octanol–water partition coefficient (Wildman–Crippen LogP) is 3.52. The van der Waals surface area contributed by atoms with Gasteiger partial charge in [0, 0.05) is 13.6 Å². The monoisotopic (exact) mass is 255 g/mol. The van der Waals surface area contributed by atoms with Gasteiger partial charge in [-0.05, 0) is 24.5 Å². The lowest BCUT2D eigenvalue weighted by atomic mass is 10.1. The molecule has 0 aromatic heterocycles. The van der Waals surface area contributed by atoms with Crippen molar-refractivity contribution in [2.24, 2.45) is 5.92 Å². The summed E-state index contributed by atoms with van der Waals surface area (Å²) in [4.78, 5) is 13.1. The summed E-state index contributed by atoms with van der Waals surface area (Å²) in [6.45, 7) is 5.10. The van der Waals surface area contributed by atoms with Crippen LogP contribution in [0.4, 0.5) is 5.69 Å². The van der Waals surface area contributed by atoms with Crippen molar-refractivity contribution in [3.8, 4) is 0 Å². The first-order valence-corrected chi connectivity index (χ1v) is 6.04. The molecule has 1 aromatic rings. The smallest absolute Gasteiger partial charge is 0.339 e. The minimum Gasteiger partial charge on any atom is -0.478 e. The third-order valence-corrected chi connectivity index (χ3v) is 2.97. The lowest BCUT2D eigenvalue weighted by molar-refractivity contribution is 0.0698. The zero-order valence-electron chi connectivity index (χ0n) is 10.4. The van der Waals surface area contributed by atoms with E-state index in [1.54, 1.807) is 18.2 Å². The molecule has 0 radical (unpaired) electrons. The zero-order chi connectivity index (χ0) is 13.0. The van der Waals surface area contributed by atoms with E-state index in [1.807, 2.05) is 11.9 Å². The highest BCUT2D eigenvalue weighted by atomic mass is 35.5. The minimum absolute atomic E-state index is 0.181. The fraction of sp³-hybridized carbons (Fsp3) is 0.462. The number of carboxylic acids is 1. The quantitative estimate of drug-likeness (QED) is 0.875. The van der Waals surface area contributed by atoms with Gasteiger partial charge in [0.15, 0.2) is 0 Å². The van der Waals surface area contributed by atoms with Crippen LogP contribution < -0.4 is 4.90 Å². The highest BCUT2D eigenvalue weighted by Gasteiger charge is 2.16. The largest absolute Gasteiger partial charge is 0.478 e. The Labute approximate surface area is 107 Å². The van der Waals surface area contributed by atoms with Crippen LogP contribution in [0.25, 0.3) is 0 Å². The number of carboxylic acid groups (broad SMARTS) is 1. The van der Waals surface area contributed by atoms with Crippen LogP contribution in [0.5, 0.6) is 0 Å². The number of benzene rings is 1. The number of carbonyl (C=O) groups is 1. The molecule has 0 atom stereocenters. The molecule has 0 spiro atoms. The lowest BCUT2D eigenvalue weighted by Crippen LogP contribution is -2.22. The molecule has 0 saturated carbocycles. The number of aromatic carboxylic acids is 1. The Morgan fingerprint density at radius 2 is 2.12 bits per heavy atom. The van der Waals surface area contributed by atoms with Gasteiger partial charge in [0.25, 0.3) is 0 Å². The third kappa shape index (κ3) is 3.63. The van der Waals surface area contributed by atoms with E-state index in [-0.39, 0.29) is 10.6 Å². The van der Waals surface area contributed by atoms with Gasteiger partial charge in [-0.25, -0.2) is 4.79 Å². The average Bonchev–Trinajstić information content (AvgIpc) is 2.24. The highest BCUT2D eigenvalue weighted by molar-refractivity contribution is 6.34. The second-order valence-electron chi connectivity index (χ2n) is 4.54. The fourth-order valence-electron chi connectivity index (χ4n) is 1.61. The van der Waals surface area contributed by atoms with Crippen LogP contribution in [-0.2, 0) is 0 Å². The molecule has 94 valence electrons. The summed E-state index contributed by atoms with van der Waals surface area (Å²) in [5.74, 6) is -0.396.